The fourth-order valence-electron chi connectivity index (χ4n) is 2.62. The molecule has 1 aliphatic rings. The van der Waals surface area contributed by atoms with Gasteiger partial charge in [0, 0.05) is 11.8 Å². The molecule has 1 rings (SSSR count). The minimum Gasteiger partial charge on any atom is -0.459 e. The number of rotatable bonds is 7. The molecule has 3 nitrogen and oxygen atoms in total. The van der Waals surface area contributed by atoms with Crippen LogP contribution in [0.5, 0.6) is 0 Å². The molecule has 1 N–H and O–H groups in total. The Balaban J connectivity index is 2.26. The smallest absolute Gasteiger partial charge is 0.316 e. The third-order valence-electron chi connectivity index (χ3n) is 3.37. The lowest BCUT2D eigenvalue weighted by atomic mass is 10.00. The van der Waals surface area contributed by atoms with Crippen LogP contribution in [0.4, 0.5) is 0 Å². The van der Waals surface area contributed by atoms with Crippen molar-refractivity contribution >= 4 is 17.7 Å². The molecular formula is C15H29NO2S. The first kappa shape index (κ1) is 16.8. The lowest BCUT2D eigenvalue weighted by Gasteiger charge is -2.24. The van der Waals surface area contributed by atoms with Gasteiger partial charge in [-0.1, -0.05) is 19.8 Å². The van der Waals surface area contributed by atoms with Crippen LogP contribution in [0.2, 0.25) is 0 Å². The van der Waals surface area contributed by atoms with Crippen LogP contribution < -0.4 is 5.32 Å². The number of esters is 1. The maximum Gasteiger partial charge on any atom is 0.316 e. The highest BCUT2D eigenvalue weighted by Crippen LogP contribution is 2.29. The molecule has 0 spiro atoms. The van der Waals surface area contributed by atoms with Gasteiger partial charge < -0.3 is 10.1 Å². The Hall–Kier alpha value is -0.220. The van der Waals surface area contributed by atoms with Gasteiger partial charge in [-0.05, 0) is 46.1 Å². The molecule has 1 unspecified atom stereocenters. The van der Waals surface area contributed by atoms with Gasteiger partial charge in [-0.15, -0.1) is 11.8 Å². The van der Waals surface area contributed by atoms with E-state index in [9.17, 15) is 4.79 Å². The van der Waals surface area contributed by atoms with Gasteiger partial charge in [-0.3, -0.25) is 4.79 Å². The molecule has 0 bridgehead atoms. The van der Waals surface area contributed by atoms with Crippen molar-refractivity contribution in [2.45, 2.75) is 65.0 Å². The maximum absolute atomic E-state index is 11.7. The maximum atomic E-state index is 11.7. The van der Waals surface area contributed by atoms with Gasteiger partial charge in [0.15, 0.2) is 0 Å². The summed E-state index contributed by atoms with van der Waals surface area (Å²) in [5, 5.41) is 3.57. The normalized spacial score (nSPS) is 18.5. The molecule has 0 amide bonds. The molecule has 0 aromatic rings. The van der Waals surface area contributed by atoms with Gasteiger partial charge in [-0.25, -0.2) is 0 Å². The zero-order valence-electron chi connectivity index (χ0n) is 12.8. The van der Waals surface area contributed by atoms with Crippen LogP contribution in [0.25, 0.3) is 0 Å². The van der Waals surface area contributed by atoms with Gasteiger partial charge in [0.2, 0.25) is 0 Å². The summed E-state index contributed by atoms with van der Waals surface area (Å²) in [7, 11) is 0. The molecule has 19 heavy (non-hydrogen) atoms. The average molecular weight is 287 g/mol. The van der Waals surface area contributed by atoms with Gasteiger partial charge in [0.1, 0.15) is 5.60 Å². The fraction of sp³-hybridized carbons (Fsp3) is 0.933. The summed E-state index contributed by atoms with van der Waals surface area (Å²) in [6.45, 7) is 8.90. The van der Waals surface area contributed by atoms with E-state index in [1.54, 1.807) is 11.8 Å². The summed E-state index contributed by atoms with van der Waals surface area (Å²) in [5.41, 5.74) is -0.371. The number of nitrogens with one attached hydrogen (secondary N) is 1. The molecule has 0 aliphatic heterocycles. The van der Waals surface area contributed by atoms with Crippen molar-refractivity contribution < 1.29 is 9.53 Å². The van der Waals surface area contributed by atoms with Crippen LogP contribution in [0.3, 0.4) is 0 Å². The molecule has 1 atom stereocenters. The molecule has 0 heterocycles. The van der Waals surface area contributed by atoms with E-state index >= 15 is 0 Å². The SMILES string of the molecule is CCNC(CSCC(=O)OC(C)(C)C)C1CCCC1. The Labute approximate surface area is 122 Å². The average Bonchev–Trinajstić information content (AvgIpc) is 2.78. The number of carbonyl (C=O) groups excluding carboxylic acids is 1. The van der Waals surface area contributed by atoms with Crippen molar-refractivity contribution in [3.63, 3.8) is 0 Å². The van der Waals surface area contributed by atoms with Gasteiger partial charge in [0.05, 0.1) is 5.75 Å². The number of hydrogen-bond donors (Lipinski definition) is 1. The highest BCUT2D eigenvalue weighted by atomic mass is 32.2. The van der Waals surface area contributed by atoms with Crippen LogP contribution in [-0.4, -0.2) is 35.7 Å². The fourth-order valence-corrected chi connectivity index (χ4v) is 3.61. The third-order valence-corrected chi connectivity index (χ3v) is 4.41. The van der Waals surface area contributed by atoms with Crippen molar-refractivity contribution in [3.05, 3.63) is 0 Å². The second-order valence-electron chi connectivity index (χ2n) is 6.31. The van der Waals surface area contributed by atoms with Crippen molar-refractivity contribution in [3.8, 4) is 0 Å². The molecule has 0 radical (unpaired) electrons. The van der Waals surface area contributed by atoms with Crippen molar-refractivity contribution in [1.29, 1.82) is 0 Å². The van der Waals surface area contributed by atoms with E-state index in [4.69, 9.17) is 4.74 Å². The molecule has 0 aromatic carbocycles. The van der Waals surface area contributed by atoms with Gasteiger partial charge in [0.25, 0.3) is 0 Å². The van der Waals surface area contributed by atoms with Crippen molar-refractivity contribution in [2.24, 2.45) is 5.92 Å². The Kier molecular flexibility index (Phi) is 7.22. The Morgan fingerprint density at radius 3 is 2.53 bits per heavy atom. The quantitative estimate of drug-likeness (QED) is 0.730. The predicted molar refractivity (Wildman–Crippen MR) is 82.6 cm³/mol. The summed E-state index contributed by atoms with van der Waals surface area (Å²) in [4.78, 5) is 11.7. The monoisotopic (exact) mass is 287 g/mol. The Morgan fingerprint density at radius 1 is 1.37 bits per heavy atom. The summed E-state index contributed by atoms with van der Waals surface area (Å²) in [6, 6.07) is 0.555. The van der Waals surface area contributed by atoms with Gasteiger partial charge in [-0.2, -0.15) is 0 Å². The molecule has 1 fully saturated rings. The van der Waals surface area contributed by atoms with Crippen LogP contribution in [-0.2, 0) is 9.53 Å². The molecule has 112 valence electrons. The van der Waals surface area contributed by atoms with Crippen molar-refractivity contribution in [1.82, 2.24) is 5.32 Å². The zero-order chi connectivity index (χ0) is 14.3. The van der Waals surface area contributed by atoms with E-state index in [-0.39, 0.29) is 11.6 Å². The van der Waals surface area contributed by atoms with E-state index < -0.39 is 0 Å². The second-order valence-corrected chi connectivity index (χ2v) is 7.34. The standard InChI is InChI=1S/C15H29NO2S/c1-5-16-13(12-8-6-7-9-12)10-19-11-14(17)18-15(2,3)4/h12-13,16H,5-11H2,1-4H3. The summed E-state index contributed by atoms with van der Waals surface area (Å²) in [5.74, 6) is 2.18. The predicted octanol–water partition coefficient (Wildman–Crippen LogP) is 3.23. The number of thioether (sulfide) groups is 1. The van der Waals surface area contributed by atoms with Crippen LogP contribution in [0.15, 0.2) is 0 Å². The first-order valence-corrected chi connectivity index (χ1v) is 8.61. The third kappa shape index (κ3) is 7.21. The van der Waals surface area contributed by atoms with E-state index in [1.165, 1.54) is 25.7 Å². The molecular weight excluding hydrogens is 258 g/mol. The largest absolute Gasteiger partial charge is 0.459 e. The Morgan fingerprint density at radius 2 is 2.00 bits per heavy atom. The molecule has 0 aromatic heterocycles. The van der Waals surface area contributed by atoms with E-state index in [1.807, 2.05) is 20.8 Å². The molecule has 1 saturated carbocycles. The van der Waals surface area contributed by atoms with Crippen LogP contribution >= 0.6 is 11.8 Å². The van der Waals surface area contributed by atoms with Crippen LogP contribution in [0.1, 0.15) is 53.4 Å². The molecule has 0 saturated heterocycles. The summed E-state index contributed by atoms with van der Waals surface area (Å²) in [6.07, 6.45) is 5.40. The number of ether oxygens (including phenoxy) is 1. The van der Waals surface area contributed by atoms with E-state index in [2.05, 4.69) is 12.2 Å². The van der Waals surface area contributed by atoms with Crippen molar-refractivity contribution in [2.75, 3.05) is 18.1 Å². The molecule has 4 heteroatoms. The first-order chi connectivity index (χ1) is 8.92. The van der Waals surface area contributed by atoms with Crippen LogP contribution in [0, 0.1) is 5.92 Å². The summed E-state index contributed by atoms with van der Waals surface area (Å²) >= 11 is 1.70. The highest BCUT2D eigenvalue weighted by Gasteiger charge is 2.24. The lowest BCUT2D eigenvalue weighted by molar-refractivity contribution is -0.151. The summed E-state index contributed by atoms with van der Waals surface area (Å²) < 4.78 is 5.32. The highest BCUT2D eigenvalue weighted by molar-refractivity contribution is 7.99. The first-order valence-electron chi connectivity index (χ1n) is 7.45. The zero-order valence-corrected chi connectivity index (χ0v) is 13.6. The topological polar surface area (TPSA) is 38.3 Å². The second kappa shape index (κ2) is 8.15. The number of hydrogen-bond acceptors (Lipinski definition) is 4. The Bertz CT molecular complexity index is 270. The van der Waals surface area contributed by atoms with Gasteiger partial charge >= 0.3 is 5.97 Å². The minimum absolute atomic E-state index is 0.0980. The minimum atomic E-state index is -0.371. The van der Waals surface area contributed by atoms with E-state index in [0.717, 1.165) is 18.2 Å². The lowest BCUT2D eigenvalue weighted by Crippen LogP contribution is -2.37. The molecule has 1 aliphatic carbocycles. The van der Waals surface area contributed by atoms with E-state index in [0.29, 0.717) is 11.8 Å². The number of carbonyl (C=O) groups is 1.